The number of terminal acetylenes is 1. The Hall–Kier alpha value is -1.01. The van der Waals surface area contributed by atoms with Gasteiger partial charge in [-0.2, -0.15) is 0 Å². The van der Waals surface area contributed by atoms with E-state index in [2.05, 4.69) is 5.92 Å². The highest BCUT2D eigenvalue weighted by Crippen LogP contribution is 1.93. The molecule has 0 saturated carbocycles. The van der Waals surface area contributed by atoms with E-state index >= 15 is 0 Å². The number of carbonyl (C=O) groups is 1. The van der Waals surface area contributed by atoms with Gasteiger partial charge >= 0.3 is 0 Å². The minimum absolute atomic E-state index is 0.186. The summed E-state index contributed by atoms with van der Waals surface area (Å²) in [7, 11) is 3.29. The Balaban J connectivity index is 4.06. The molecule has 0 aromatic rings. The molecule has 0 aromatic carbocycles. The van der Waals surface area contributed by atoms with E-state index in [0.717, 1.165) is 0 Å². The second-order valence-electron chi connectivity index (χ2n) is 2.23. The molecule has 0 heterocycles. The van der Waals surface area contributed by atoms with Crippen molar-refractivity contribution in [1.29, 1.82) is 0 Å². The second kappa shape index (κ2) is 4.75. The zero-order valence-corrected chi connectivity index (χ0v) is 7.13. The van der Waals surface area contributed by atoms with Crippen LogP contribution in [0.15, 0.2) is 0 Å². The van der Waals surface area contributed by atoms with E-state index < -0.39 is 6.10 Å². The molecule has 0 rings (SSSR count). The van der Waals surface area contributed by atoms with Crippen LogP contribution < -0.4 is 0 Å². The van der Waals surface area contributed by atoms with Crippen LogP contribution in [0.1, 0.15) is 6.92 Å². The molecule has 0 N–H and O–H groups in total. The normalized spacial score (nSPS) is 11.8. The Morgan fingerprint density at radius 2 is 2.27 bits per heavy atom. The molecule has 0 fully saturated rings. The molecular formula is C8H13NO2. The summed E-state index contributed by atoms with van der Waals surface area (Å²) in [5.74, 6) is 2.08. The minimum atomic E-state index is -0.727. The molecule has 3 nitrogen and oxygen atoms in total. The molecule has 3 heteroatoms. The summed E-state index contributed by atoms with van der Waals surface area (Å²) >= 11 is 0. The van der Waals surface area contributed by atoms with Gasteiger partial charge in [0.05, 0.1) is 0 Å². The van der Waals surface area contributed by atoms with Crippen LogP contribution in [-0.4, -0.2) is 37.6 Å². The summed E-state index contributed by atoms with van der Waals surface area (Å²) < 4.78 is 4.99. The third-order valence-electron chi connectivity index (χ3n) is 1.15. The summed E-state index contributed by atoms with van der Waals surface area (Å²) in [5, 5.41) is 0. The highest BCUT2D eigenvalue weighted by atomic mass is 16.5. The molecule has 0 unspecified atom stereocenters. The van der Waals surface area contributed by atoms with Crippen molar-refractivity contribution >= 4 is 5.91 Å². The minimum Gasteiger partial charge on any atom is -0.356 e. The van der Waals surface area contributed by atoms with Gasteiger partial charge in [-0.1, -0.05) is 5.92 Å². The van der Waals surface area contributed by atoms with E-state index in [1.165, 1.54) is 4.90 Å². The molecule has 0 bridgehead atoms. The average Bonchev–Trinajstić information content (AvgIpc) is 1.98. The van der Waals surface area contributed by atoms with E-state index in [-0.39, 0.29) is 5.91 Å². The fourth-order valence-electron chi connectivity index (χ4n) is 0.592. The number of carbonyl (C=O) groups excluding carboxylic acids is 1. The quantitative estimate of drug-likeness (QED) is 0.541. The summed E-state index contributed by atoms with van der Waals surface area (Å²) in [4.78, 5) is 12.5. The first-order valence-corrected chi connectivity index (χ1v) is 3.42. The van der Waals surface area contributed by atoms with Crippen LogP contribution in [0.25, 0.3) is 0 Å². The fourth-order valence-corrected chi connectivity index (χ4v) is 0.592. The average molecular weight is 155 g/mol. The molecule has 0 radical (unpaired) electrons. The maximum absolute atomic E-state index is 11.1. The standard InChI is InChI=1S/C8H13NO2/c1-5-7(11-6-2)8(10)9(3)4/h1,7H,6H2,2-4H3/t7-/m0/s1. The zero-order chi connectivity index (χ0) is 8.85. The highest BCUT2D eigenvalue weighted by Gasteiger charge is 2.16. The van der Waals surface area contributed by atoms with Gasteiger partial charge in [0.2, 0.25) is 0 Å². The van der Waals surface area contributed by atoms with Gasteiger partial charge in [-0.3, -0.25) is 4.79 Å². The molecule has 1 amide bonds. The first-order valence-electron chi connectivity index (χ1n) is 3.42. The van der Waals surface area contributed by atoms with E-state index in [1.54, 1.807) is 21.0 Å². The Kier molecular flexibility index (Phi) is 4.32. The van der Waals surface area contributed by atoms with Gasteiger partial charge < -0.3 is 9.64 Å². The van der Waals surface area contributed by atoms with Gasteiger partial charge in [-0.25, -0.2) is 0 Å². The summed E-state index contributed by atoms with van der Waals surface area (Å²) in [6, 6.07) is 0. The molecule has 0 aliphatic heterocycles. The van der Waals surface area contributed by atoms with E-state index in [4.69, 9.17) is 11.2 Å². The van der Waals surface area contributed by atoms with Gasteiger partial charge in [0.1, 0.15) is 0 Å². The smallest absolute Gasteiger partial charge is 0.263 e. The number of rotatable bonds is 3. The van der Waals surface area contributed by atoms with Crippen LogP contribution in [0, 0.1) is 12.3 Å². The topological polar surface area (TPSA) is 29.5 Å². The second-order valence-corrected chi connectivity index (χ2v) is 2.23. The maximum atomic E-state index is 11.1. The van der Waals surface area contributed by atoms with Gasteiger partial charge in [0, 0.05) is 20.7 Å². The lowest BCUT2D eigenvalue weighted by Gasteiger charge is -2.15. The van der Waals surface area contributed by atoms with Gasteiger partial charge in [-0.05, 0) is 6.92 Å². The first kappa shape index (κ1) is 9.99. The SMILES string of the molecule is C#C[C@H](OCC)C(=O)N(C)C. The van der Waals surface area contributed by atoms with Crippen molar-refractivity contribution in [2.45, 2.75) is 13.0 Å². The van der Waals surface area contributed by atoms with Gasteiger partial charge in [0.15, 0.2) is 6.10 Å². The van der Waals surface area contributed by atoms with Crippen molar-refractivity contribution in [3.63, 3.8) is 0 Å². The fraction of sp³-hybridized carbons (Fsp3) is 0.625. The number of likely N-dealkylation sites (N-methyl/N-ethyl adjacent to an activating group) is 1. The monoisotopic (exact) mass is 155 g/mol. The van der Waals surface area contributed by atoms with E-state index in [0.29, 0.717) is 6.61 Å². The predicted octanol–water partition coefficient (Wildman–Crippen LogP) is 0.113. The summed E-state index contributed by atoms with van der Waals surface area (Å²) in [6.07, 6.45) is 4.35. The number of amides is 1. The van der Waals surface area contributed by atoms with Crippen LogP contribution in [-0.2, 0) is 9.53 Å². The Bertz CT molecular complexity index is 169. The largest absolute Gasteiger partial charge is 0.356 e. The third kappa shape index (κ3) is 3.06. The molecule has 0 aromatic heterocycles. The lowest BCUT2D eigenvalue weighted by molar-refractivity contribution is -0.137. The summed E-state index contributed by atoms with van der Waals surface area (Å²) in [5.41, 5.74) is 0. The van der Waals surface area contributed by atoms with Crippen molar-refractivity contribution in [3.8, 4) is 12.3 Å². The van der Waals surface area contributed by atoms with Gasteiger partial charge in [-0.15, -0.1) is 6.42 Å². The predicted molar refractivity (Wildman–Crippen MR) is 42.9 cm³/mol. The van der Waals surface area contributed by atoms with Crippen molar-refractivity contribution in [1.82, 2.24) is 4.90 Å². The molecule has 0 spiro atoms. The third-order valence-corrected chi connectivity index (χ3v) is 1.15. The molecule has 0 aliphatic rings. The highest BCUT2D eigenvalue weighted by molar-refractivity contribution is 5.83. The lowest BCUT2D eigenvalue weighted by Crippen LogP contribution is -2.34. The van der Waals surface area contributed by atoms with Crippen LogP contribution in [0.3, 0.4) is 0 Å². The van der Waals surface area contributed by atoms with Crippen LogP contribution >= 0.6 is 0 Å². The molecule has 0 aliphatic carbocycles. The molecular weight excluding hydrogens is 142 g/mol. The molecule has 0 saturated heterocycles. The number of ether oxygens (including phenoxy) is 1. The Morgan fingerprint density at radius 3 is 2.55 bits per heavy atom. The van der Waals surface area contributed by atoms with E-state index in [9.17, 15) is 4.79 Å². The molecule has 1 atom stereocenters. The summed E-state index contributed by atoms with van der Waals surface area (Å²) in [6.45, 7) is 2.25. The molecule has 62 valence electrons. The van der Waals surface area contributed by atoms with Crippen LogP contribution in [0.2, 0.25) is 0 Å². The molecule has 11 heavy (non-hydrogen) atoms. The van der Waals surface area contributed by atoms with Crippen molar-refractivity contribution in [3.05, 3.63) is 0 Å². The van der Waals surface area contributed by atoms with Crippen LogP contribution in [0.5, 0.6) is 0 Å². The Labute approximate surface area is 67.3 Å². The number of hydrogen-bond donors (Lipinski definition) is 0. The number of nitrogens with zero attached hydrogens (tertiary/aromatic N) is 1. The van der Waals surface area contributed by atoms with Crippen molar-refractivity contribution in [2.24, 2.45) is 0 Å². The lowest BCUT2D eigenvalue weighted by atomic mass is 10.3. The number of hydrogen-bond acceptors (Lipinski definition) is 2. The van der Waals surface area contributed by atoms with E-state index in [1.807, 2.05) is 0 Å². The maximum Gasteiger partial charge on any atom is 0.263 e. The van der Waals surface area contributed by atoms with Crippen molar-refractivity contribution < 1.29 is 9.53 Å². The Morgan fingerprint density at radius 1 is 1.73 bits per heavy atom. The van der Waals surface area contributed by atoms with Crippen molar-refractivity contribution in [2.75, 3.05) is 20.7 Å². The van der Waals surface area contributed by atoms with Crippen LogP contribution in [0.4, 0.5) is 0 Å². The first-order chi connectivity index (χ1) is 5.13. The van der Waals surface area contributed by atoms with Gasteiger partial charge in [0.25, 0.3) is 5.91 Å². The zero-order valence-electron chi connectivity index (χ0n) is 7.13.